The normalized spacial score (nSPS) is 11.0. The maximum absolute atomic E-state index is 12.4. The van der Waals surface area contributed by atoms with Crippen molar-refractivity contribution in [2.45, 2.75) is 0 Å². The Hall–Kier alpha value is -6.02. The minimum absolute atomic E-state index is 0.0384. The second-order valence-electron chi connectivity index (χ2n) is 8.99. The fourth-order valence-corrected chi connectivity index (χ4v) is 3.81. The van der Waals surface area contributed by atoms with Crippen LogP contribution in [-0.4, -0.2) is 34.6 Å². The zero-order chi connectivity index (χ0) is 29.3. The van der Waals surface area contributed by atoms with Crippen LogP contribution in [0, 0.1) is 0 Å². The van der Waals surface area contributed by atoms with Crippen molar-refractivity contribution < 1.29 is 29.3 Å². The second kappa shape index (κ2) is 12.9. The molecule has 0 amide bonds. The molecule has 0 fully saturated rings. The van der Waals surface area contributed by atoms with Crippen molar-refractivity contribution in [1.29, 1.82) is 0 Å². The Kier molecular flexibility index (Phi) is 8.45. The number of esters is 2. The molecule has 0 aliphatic heterocycles. The van der Waals surface area contributed by atoms with Gasteiger partial charge in [-0.3, -0.25) is 9.98 Å². The van der Waals surface area contributed by atoms with Crippen molar-refractivity contribution in [2.75, 3.05) is 0 Å². The molecule has 0 unspecified atom stereocenters. The standard InChI is InChI=1S/C34H24N2O6/c37-31-19-25(15-17-29(31)33(39)41-27-7-3-1-4-8-27)35-21-23-11-13-24(14-12-23)22-36-26-16-18-30(32(38)20-26)34(40)42-28-9-5-2-6-10-28/h1-22,37-38H. The van der Waals surface area contributed by atoms with Crippen LogP contribution in [0.5, 0.6) is 23.0 Å². The Balaban J connectivity index is 1.18. The monoisotopic (exact) mass is 556 g/mol. The highest BCUT2D eigenvalue weighted by Gasteiger charge is 2.15. The zero-order valence-corrected chi connectivity index (χ0v) is 22.1. The molecule has 206 valence electrons. The molecule has 0 aliphatic carbocycles. The van der Waals surface area contributed by atoms with Gasteiger partial charge in [-0.2, -0.15) is 0 Å². The van der Waals surface area contributed by atoms with E-state index in [2.05, 4.69) is 9.98 Å². The van der Waals surface area contributed by atoms with E-state index < -0.39 is 11.9 Å². The number of hydrogen-bond acceptors (Lipinski definition) is 8. The molecule has 0 aliphatic rings. The van der Waals surface area contributed by atoms with Gasteiger partial charge in [0.1, 0.15) is 34.1 Å². The molecule has 0 spiro atoms. The van der Waals surface area contributed by atoms with E-state index >= 15 is 0 Å². The fourth-order valence-electron chi connectivity index (χ4n) is 3.81. The number of hydrogen-bond donors (Lipinski definition) is 2. The summed E-state index contributed by atoms with van der Waals surface area (Å²) in [6.45, 7) is 0. The number of ether oxygens (including phenoxy) is 2. The summed E-state index contributed by atoms with van der Waals surface area (Å²) in [5, 5.41) is 20.6. The van der Waals surface area contributed by atoms with Crippen molar-refractivity contribution in [3.05, 3.63) is 144 Å². The predicted octanol–water partition coefficient (Wildman–Crippen LogP) is 7.04. The lowest BCUT2D eigenvalue weighted by Crippen LogP contribution is -2.08. The highest BCUT2D eigenvalue weighted by molar-refractivity contribution is 5.95. The van der Waals surface area contributed by atoms with Gasteiger partial charge in [0.2, 0.25) is 0 Å². The molecular formula is C34H24N2O6. The second-order valence-corrected chi connectivity index (χ2v) is 8.99. The summed E-state index contributed by atoms with van der Waals surface area (Å²) in [7, 11) is 0. The van der Waals surface area contributed by atoms with E-state index in [-0.39, 0.29) is 22.6 Å². The molecule has 0 radical (unpaired) electrons. The average molecular weight is 557 g/mol. The van der Waals surface area contributed by atoms with Gasteiger partial charge < -0.3 is 19.7 Å². The third-order valence-corrected chi connectivity index (χ3v) is 5.97. The van der Waals surface area contributed by atoms with E-state index in [1.54, 1.807) is 73.1 Å². The molecule has 5 aromatic carbocycles. The molecule has 0 saturated carbocycles. The molecule has 0 heterocycles. The van der Waals surface area contributed by atoms with E-state index in [0.29, 0.717) is 22.9 Å². The average Bonchev–Trinajstić information content (AvgIpc) is 3.00. The number of phenols is 2. The summed E-state index contributed by atoms with van der Waals surface area (Å²) < 4.78 is 10.5. The first-order valence-electron chi connectivity index (χ1n) is 12.8. The maximum atomic E-state index is 12.4. The van der Waals surface area contributed by atoms with E-state index in [1.165, 1.54) is 24.3 Å². The van der Waals surface area contributed by atoms with Gasteiger partial charge in [-0.15, -0.1) is 0 Å². The number of aromatic hydroxyl groups is 2. The van der Waals surface area contributed by atoms with Gasteiger partial charge in [0.25, 0.3) is 0 Å². The van der Waals surface area contributed by atoms with E-state index in [0.717, 1.165) is 11.1 Å². The molecule has 8 heteroatoms. The van der Waals surface area contributed by atoms with Gasteiger partial charge in [-0.1, -0.05) is 60.7 Å². The number of carbonyl (C=O) groups excluding carboxylic acids is 2. The first-order chi connectivity index (χ1) is 20.4. The highest BCUT2D eigenvalue weighted by atomic mass is 16.5. The lowest BCUT2D eigenvalue weighted by molar-refractivity contribution is 0.0721. The van der Waals surface area contributed by atoms with E-state index in [4.69, 9.17) is 9.47 Å². The molecule has 0 saturated heterocycles. The van der Waals surface area contributed by atoms with Crippen LogP contribution in [0.15, 0.2) is 131 Å². The van der Waals surface area contributed by atoms with E-state index in [9.17, 15) is 19.8 Å². The molecule has 5 aromatic rings. The summed E-state index contributed by atoms with van der Waals surface area (Å²) >= 11 is 0. The van der Waals surface area contributed by atoms with E-state index in [1.807, 2.05) is 36.4 Å². The summed E-state index contributed by atoms with van der Waals surface area (Å²) in [6.07, 6.45) is 3.26. The Morgan fingerprint density at radius 3 is 1.26 bits per heavy atom. The Morgan fingerprint density at radius 2 is 0.905 bits per heavy atom. The lowest BCUT2D eigenvalue weighted by atomic mass is 10.1. The number of rotatable bonds is 8. The number of carbonyl (C=O) groups is 2. The molecule has 42 heavy (non-hydrogen) atoms. The van der Waals surface area contributed by atoms with Crippen LogP contribution < -0.4 is 9.47 Å². The minimum atomic E-state index is -0.664. The highest BCUT2D eigenvalue weighted by Crippen LogP contribution is 2.27. The molecule has 5 rings (SSSR count). The van der Waals surface area contributed by atoms with Crippen LogP contribution >= 0.6 is 0 Å². The molecule has 8 nitrogen and oxygen atoms in total. The Labute approximate surface area is 241 Å². The molecule has 0 aromatic heterocycles. The van der Waals surface area contributed by atoms with Crippen molar-refractivity contribution in [3.8, 4) is 23.0 Å². The first kappa shape index (κ1) is 27.5. The number of benzene rings is 5. The molecule has 0 atom stereocenters. The number of para-hydroxylation sites is 2. The summed E-state index contributed by atoms with van der Waals surface area (Å²) in [6, 6.07) is 33.5. The fraction of sp³-hybridized carbons (Fsp3) is 0. The number of phenolic OH excluding ortho intramolecular Hbond substituents is 2. The molecule has 2 N–H and O–H groups in total. The smallest absolute Gasteiger partial charge is 0.347 e. The maximum Gasteiger partial charge on any atom is 0.347 e. The van der Waals surface area contributed by atoms with Gasteiger partial charge in [-0.25, -0.2) is 9.59 Å². The largest absolute Gasteiger partial charge is 0.507 e. The van der Waals surface area contributed by atoms with Gasteiger partial charge in [0.05, 0.1) is 11.4 Å². The molecule has 0 bridgehead atoms. The number of nitrogens with zero attached hydrogens (tertiary/aromatic N) is 2. The van der Waals surface area contributed by atoms with Gasteiger partial charge in [-0.05, 0) is 59.7 Å². The van der Waals surface area contributed by atoms with Crippen molar-refractivity contribution in [1.82, 2.24) is 0 Å². The van der Waals surface area contributed by atoms with Crippen LogP contribution in [0.2, 0.25) is 0 Å². The quantitative estimate of drug-likeness (QED) is 0.120. The van der Waals surface area contributed by atoms with Crippen LogP contribution in [0.3, 0.4) is 0 Å². The Morgan fingerprint density at radius 1 is 0.524 bits per heavy atom. The van der Waals surface area contributed by atoms with Gasteiger partial charge in [0, 0.05) is 24.6 Å². The summed E-state index contributed by atoms with van der Waals surface area (Å²) in [5.74, 6) is -1.02. The summed E-state index contributed by atoms with van der Waals surface area (Å²) in [5.41, 5.74) is 2.61. The minimum Gasteiger partial charge on any atom is -0.507 e. The zero-order valence-electron chi connectivity index (χ0n) is 22.1. The lowest BCUT2D eigenvalue weighted by Gasteiger charge is -2.06. The van der Waals surface area contributed by atoms with Crippen molar-refractivity contribution in [2.24, 2.45) is 9.98 Å². The third-order valence-electron chi connectivity index (χ3n) is 5.97. The van der Waals surface area contributed by atoms with Crippen molar-refractivity contribution >= 4 is 35.7 Å². The predicted molar refractivity (Wildman–Crippen MR) is 160 cm³/mol. The van der Waals surface area contributed by atoms with Crippen molar-refractivity contribution in [3.63, 3.8) is 0 Å². The van der Waals surface area contributed by atoms with Crippen LogP contribution in [0.25, 0.3) is 0 Å². The Bertz CT molecular complexity index is 1630. The topological polar surface area (TPSA) is 118 Å². The number of aliphatic imine (C=N–C) groups is 2. The third kappa shape index (κ3) is 7.13. The summed E-state index contributed by atoms with van der Waals surface area (Å²) in [4.78, 5) is 33.5. The van der Waals surface area contributed by atoms with Crippen LogP contribution in [-0.2, 0) is 0 Å². The van der Waals surface area contributed by atoms with Crippen LogP contribution in [0.1, 0.15) is 31.8 Å². The van der Waals surface area contributed by atoms with Gasteiger partial charge in [0.15, 0.2) is 0 Å². The van der Waals surface area contributed by atoms with Gasteiger partial charge >= 0.3 is 11.9 Å². The molecular weight excluding hydrogens is 532 g/mol. The SMILES string of the molecule is O=C(Oc1ccccc1)c1ccc(N=Cc2ccc(C=Nc3ccc(C(=O)Oc4ccccc4)c(O)c3)cc2)cc1O. The van der Waals surface area contributed by atoms with Crippen LogP contribution in [0.4, 0.5) is 11.4 Å². The first-order valence-corrected chi connectivity index (χ1v) is 12.8.